The van der Waals surface area contributed by atoms with Gasteiger partial charge in [-0.15, -0.1) is 0 Å². The number of nitrogens with zero attached hydrogens (tertiary/aromatic N) is 1. The number of aryl methyl sites for hydroxylation is 1. The largest absolute Gasteiger partial charge is 0.212 e. The summed E-state index contributed by atoms with van der Waals surface area (Å²) in [5.74, 6) is 1.41. The maximum atomic E-state index is 2.39. The number of para-hydroxylation sites is 1. The van der Waals surface area contributed by atoms with E-state index in [0.717, 1.165) is 5.82 Å². The molecule has 1 saturated heterocycles. The molecule has 73 valence electrons. The van der Waals surface area contributed by atoms with E-state index < -0.39 is 0 Å². The summed E-state index contributed by atoms with van der Waals surface area (Å²) in [6, 6.07) is 13.0. The van der Waals surface area contributed by atoms with E-state index in [4.69, 9.17) is 0 Å². The number of rotatable bonds is 1. The maximum absolute atomic E-state index is 2.39. The highest BCUT2D eigenvalue weighted by Crippen LogP contribution is 2.42. The van der Waals surface area contributed by atoms with Gasteiger partial charge in [0.1, 0.15) is 14.3 Å². The number of hydrogen-bond donors (Lipinski definition) is 0. The van der Waals surface area contributed by atoms with E-state index in [1.54, 1.807) is 0 Å². The van der Waals surface area contributed by atoms with Gasteiger partial charge in [0.2, 0.25) is 5.52 Å². The normalized spacial score (nSPS) is 23.9. The van der Waals surface area contributed by atoms with Crippen LogP contribution in [0.25, 0.3) is 10.9 Å². The first kappa shape index (κ1) is 8.96. The zero-order valence-corrected chi connectivity index (χ0v) is 9.14. The molecule has 0 amide bonds. The van der Waals surface area contributed by atoms with Crippen LogP contribution in [0.5, 0.6) is 0 Å². The highest BCUT2D eigenvalue weighted by Gasteiger charge is 2.41. The van der Waals surface area contributed by atoms with Crippen LogP contribution in [0.2, 0.25) is 5.82 Å². The fourth-order valence-electron chi connectivity index (χ4n) is 2.33. The molecule has 1 fully saturated rings. The van der Waals surface area contributed by atoms with Crippen molar-refractivity contribution in [2.24, 2.45) is 7.05 Å². The van der Waals surface area contributed by atoms with Gasteiger partial charge in [0.25, 0.3) is 0 Å². The molecule has 15 heavy (non-hydrogen) atoms. The second kappa shape index (κ2) is 3.09. The van der Waals surface area contributed by atoms with Crippen molar-refractivity contribution in [3.05, 3.63) is 42.1 Å². The van der Waals surface area contributed by atoms with E-state index >= 15 is 0 Å². The van der Waals surface area contributed by atoms with Gasteiger partial charge in [-0.05, 0) is 12.1 Å². The number of aromatic nitrogens is 1. The minimum atomic E-state index is 0.666. The number of pyridine rings is 1. The summed E-state index contributed by atoms with van der Waals surface area (Å²) in [7, 11) is 4.56. The Labute approximate surface area is 91.0 Å². The SMILES string of the molecule is CC1[B]C1c1ccc2ccccc2[n+]1C. The quantitative estimate of drug-likeness (QED) is 0.485. The second-order valence-corrected chi connectivity index (χ2v) is 4.45. The molecule has 0 N–H and O–H groups in total. The molecule has 1 aliphatic rings. The van der Waals surface area contributed by atoms with Gasteiger partial charge in [-0.1, -0.05) is 24.9 Å². The molecule has 1 radical (unpaired) electrons. The number of fused-ring (bicyclic) bond motifs is 1. The Morgan fingerprint density at radius 2 is 1.87 bits per heavy atom. The first-order valence-electron chi connectivity index (χ1n) is 5.50. The standard InChI is InChI=1S/C13H14BN/c1-9-13(14-9)12-8-7-10-5-3-4-6-11(10)15(12)2/h3-9,13H,1-2H3/q+1. The van der Waals surface area contributed by atoms with Gasteiger partial charge >= 0.3 is 0 Å². The molecule has 0 spiro atoms. The predicted octanol–water partition coefficient (Wildman–Crippen LogP) is 2.23. The lowest BCUT2D eigenvalue weighted by molar-refractivity contribution is -0.652. The van der Waals surface area contributed by atoms with Crippen molar-refractivity contribution in [1.82, 2.24) is 0 Å². The Balaban J connectivity index is 2.21. The third kappa shape index (κ3) is 1.36. The summed E-state index contributed by atoms with van der Waals surface area (Å²) in [4.78, 5) is 0. The van der Waals surface area contributed by atoms with Crippen LogP contribution >= 0.6 is 0 Å². The molecule has 1 aromatic heterocycles. The van der Waals surface area contributed by atoms with Gasteiger partial charge in [0, 0.05) is 23.3 Å². The second-order valence-electron chi connectivity index (χ2n) is 4.45. The van der Waals surface area contributed by atoms with Gasteiger partial charge < -0.3 is 0 Å². The van der Waals surface area contributed by atoms with Gasteiger partial charge in [0.15, 0.2) is 5.69 Å². The summed E-state index contributed by atoms with van der Waals surface area (Å²) in [5.41, 5.74) is 2.75. The van der Waals surface area contributed by atoms with Crippen LogP contribution in [0.4, 0.5) is 0 Å². The Morgan fingerprint density at radius 1 is 1.13 bits per heavy atom. The minimum absolute atomic E-state index is 0.666. The van der Waals surface area contributed by atoms with Crippen LogP contribution in [-0.4, -0.2) is 7.28 Å². The summed E-state index contributed by atoms with van der Waals surface area (Å²) in [6.45, 7) is 2.28. The van der Waals surface area contributed by atoms with E-state index in [0.29, 0.717) is 5.82 Å². The average Bonchev–Trinajstić information content (AvgIpc) is 2.96. The Kier molecular flexibility index (Phi) is 1.85. The van der Waals surface area contributed by atoms with E-state index in [-0.39, 0.29) is 0 Å². The van der Waals surface area contributed by atoms with E-state index in [1.165, 1.54) is 16.6 Å². The molecular weight excluding hydrogens is 181 g/mol. The summed E-state index contributed by atoms with van der Waals surface area (Å²) in [5, 5.41) is 1.32. The molecule has 1 aliphatic heterocycles. The van der Waals surface area contributed by atoms with Crippen molar-refractivity contribution in [2.45, 2.75) is 18.6 Å². The summed E-state index contributed by atoms with van der Waals surface area (Å²) in [6.07, 6.45) is 0. The number of benzene rings is 1. The molecule has 2 atom stereocenters. The highest BCUT2D eigenvalue weighted by atomic mass is 14.9. The van der Waals surface area contributed by atoms with Crippen LogP contribution in [0.15, 0.2) is 36.4 Å². The van der Waals surface area contributed by atoms with Crippen molar-refractivity contribution < 1.29 is 4.57 Å². The lowest BCUT2D eigenvalue weighted by atomic mass is 9.97. The molecule has 2 heteroatoms. The average molecular weight is 195 g/mol. The Morgan fingerprint density at radius 3 is 2.60 bits per heavy atom. The fourth-order valence-corrected chi connectivity index (χ4v) is 2.33. The van der Waals surface area contributed by atoms with E-state index in [1.807, 2.05) is 0 Å². The van der Waals surface area contributed by atoms with Gasteiger partial charge in [0.05, 0.1) is 0 Å². The third-order valence-corrected chi connectivity index (χ3v) is 3.40. The molecule has 3 rings (SSSR count). The molecular formula is C13H14BN+. The summed E-state index contributed by atoms with van der Waals surface area (Å²) >= 11 is 0. The maximum Gasteiger partial charge on any atom is 0.212 e. The zero-order valence-electron chi connectivity index (χ0n) is 9.14. The lowest BCUT2D eigenvalue weighted by Gasteiger charge is -2.02. The first-order chi connectivity index (χ1) is 7.27. The number of hydrogen-bond acceptors (Lipinski definition) is 0. The topological polar surface area (TPSA) is 3.88 Å². The predicted molar refractivity (Wildman–Crippen MR) is 63.0 cm³/mol. The monoisotopic (exact) mass is 195 g/mol. The molecule has 1 aromatic carbocycles. The molecule has 0 saturated carbocycles. The third-order valence-electron chi connectivity index (χ3n) is 3.40. The molecule has 2 aromatic rings. The zero-order chi connectivity index (χ0) is 10.4. The van der Waals surface area contributed by atoms with Crippen molar-refractivity contribution in [1.29, 1.82) is 0 Å². The van der Waals surface area contributed by atoms with Gasteiger partial charge in [-0.3, -0.25) is 0 Å². The van der Waals surface area contributed by atoms with Crippen molar-refractivity contribution in [3.63, 3.8) is 0 Å². The van der Waals surface area contributed by atoms with Crippen molar-refractivity contribution >= 4 is 18.2 Å². The molecule has 0 bridgehead atoms. The Bertz CT molecular complexity index is 521. The van der Waals surface area contributed by atoms with Crippen LogP contribution in [0.1, 0.15) is 18.4 Å². The van der Waals surface area contributed by atoms with Gasteiger partial charge in [-0.2, -0.15) is 4.57 Å². The minimum Gasteiger partial charge on any atom is -0.199 e. The molecule has 2 heterocycles. The fraction of sp³-hybridized carbons (Fsp3) is 0.308. The Hall–Kier alpha value is -1.31. The van der Waals surface area contributed by atoms with Crippen LogP contribution in [0, 0.1) is 0 Å². The van der Waals surface area contributed by atoms with E-state index in [2.05, 4.69) is 62.2 Å². The molecule has 2 unspecified atom stereocenters. The first-order valence-corrected chi connectivity index (χ1v) is 5.50. The molecule has 0 aliphatic carbocycles. The molecule has 1 nitrogen and oxygen atoms in total. The van der Waals surface area contributed by atoms with Crippen molar-refractivity contribution in [3.8, 4) is 0 Å². The lowest BCUT2D eigenvalue weighted by Crippen LogP contribution is -2.34. The highest BCUT2D eigenvalue weighted by molar-refractivity contribution is 6.53. The van der Waals surface area contributed by atoms with Crippen LogP contribution in [0.3, 0.4) is 0 Å². The van der Waals surface area contributed by atoms with Crippen LogP contribution < -0.4 is 4.57 Å². The van der Waals surface area contributed by atoms with E-state index in [9.17, 15) is 0 Å². The smallest absolute Gasteiger partial charge is 0.199 e. The summed E-state index contributed by atoms with van der Waals surface area (Å²) < 4.78 is 2.32. The van der Waals surface area contributed by atoms with Gasteiger partial charge in [-0.25, -0.2) is 0 Å². The van der Waals surface area contributed by atoms with Crippen molar-refractivity contribution in [2.75, 3.05) is 0 Å². The van der Waals surface area contributed by atoms with Crippen LogP contribution in [-0.2, 0) is 7.05 Å².